The summed E-state index contributed by atoms with van der Waals surface area (Å²) in [6.07, 6.45) is 21.0. The predicted octanol–water partition coefficient (Wildman–Crippen LogP) is 4.98. The first-order valence-electron chi connectivity index (χ1n) is 7.57. The molecule has 1 unspecified atom stereocenters. The maximum Gasteiger partial charge on any atom is 0.304 e. The average Bonchev–Trinajstić information content (AvgIpc) is 2.40. The van der Waals surface area contributed by atoms with E-state index < -0.39 is 5.97 Å². The number of carbonyl (C=O) groups is 1. The number of allylic oxidation sites excluding steroid dienone is 6. The van der Waals surface area contributed by atoms with E-state index in [1.807, 2.05) is 11.8 Å². The third kappa shape index (κ3) is 9.90. The third-order valence-corrected chi connectivity index (χ3v) is 4.62. The van der Waals surface area contributed by atoms with E-state index in [0.29, 0.717) is 0 Å². The first-order valence-corrected chi connectivity index (χ1v) is 8.62. The van der Waals surface area contributed by atoms with Gasteiger partial charge in [-0.05, 0) is 50.7 Å². The number of rotatable bonds is 2. The van der Waals surface area contributed by atoms with Crippen LogP contribution in [0.3, 0.4) is 0 Å². The van der Waals surface area contributed by atoms with Gasteiger partial charge in [0.1, 0.15) is 0 Å². The molecule has 0 saturated carbocycles. The molecule has 0 spiro atoms. The molecule has 0 aliphatic carbocycles. The van der Waals surface area contributed by atoms with Crippen molar-refractivity contribution >= 4 is 17.7 Å². The normalized spacial score (nSPS) is 27.5. The fourth-order valence-electron chi connectivity index (χ4n) is 2.11. The Bertz CT molecular complexity index is 345. The summed E-state index contributed by atoms with van der Waals surface area (Å²) in [5.41, 5.74) is 0. The molecule has 1 aliphatic rings. The van der Waals surface area contributed by atoms with Gasteiger partial charge in [0.2, 0.25) is 0 Å². The molecule has 1 N–H and O–H groups in total. The molecule has 0 amide bonds. The van der Waals surface area contributed by atoms with Crippen LogP contribution in [0.2, 0.25) is 0 Å². The van der Waals surface area contributed by atoms with Gasteiger partial charge < -0.3 is 5.11 Å². The van der Waals surface area contributed by atoms with Crippen LogP contribution in [-0.2, 0) is 4.79 Å². The Morgan fingerprint density at radius 1 is 1.00 bits per heavy atom. The summed E-state index contributed by atoms with van der Waals surface area (Å²) in [4.78, 5) is 10.9. The van der Waals surface area contributed by atoms with E-state index in [1.165, 1.54) is 12.8 Å². The zero-order valence-corrected chi connectivity index (χ0v) is 13.0. The van der Waals surface area contributed by atoms with E-state index in [1.54, 1.807) is 0 Å². The minimum Gasteiger partial charge on any atom is -0.481 e. The first kappa shape index (κ1) is 17.1. The highest BCUT2D eigenvalue weighted by atomic mass is 32.2. The lowest BCUT2D eigenvalue weighted by molar-refractivity contribution is -0.137. The largest absolute Gasteiger partial charge is 0.481 e. The van der Waals surface area contributed by atoms with Crippen molar-refractivity contribution in [2.45, 2.75) is 56.6 Å². The molecule has 0 fully saturated rings. The van der Waals surface area contributed by atoms with E-state index in [4.69, 9.17) is 5.11 Å². The molecule has 1 atom stereocenters. The molecule has 2 nitrogen and oxygen atoms in total. The van der Waals surface area contributed by atoms with Gasteiger partial charge in [-0.15, -0.1) is 0 Å². The van der Waals surface area contributed by atoms with Gasteiger partial charge in [0.15, 0.2) is 0 Å². The zero-order chi connectivity index (χ0) is 14.5. The summed E-state index contributed by atoms with van der Waals surface area (Å²) < 4.78 is 0. The number of hydrogen-bond donors (Lipinski definition) is 1. The van der Waals surface area contributed by atoms with Crippen molar-refractivity contribution in [1.29, 1.82) is 0 Å². The van der Waals surface area contributed by atoms with Crippen molar-refractivity contribution < 1.29 is 9.90 Å². The van der Waals surface area contributed by atoms with Gasteiger partial charge in [0, 0.05) is 5.25 Å². The number of carboxylic acids is 1. The lowest BCUT2D eigenvalue weighted by atomic mass is 10.1. The van der Waals surface area contributed by atoms with Crippen LogP contribution in [0, 0.1) is 0 Å². The van der Waals surface area contributed by atoms with E-state index >= 15 is 0 Å². The SMILES string of the molecule is O=C(O)CC1CC/C=C\C/C=C\C/C=C\CCCCS1. The summed E-state index contributed by atoms with van der Waals surface area (Å²) in [7, 11) is 0. The molecule has 20 heavy (non-hydrogen) atoms. The lowest BCUT2D eigenvalue weighted by Gasteiger charge is -2.13. The summed E-state index contributed by atoms with van der Waals surface area (Å²) in [6, 6.07) is 0. The van der Waals surface area contributed by atoms with Crippen molar-refractivity contribution in [3.8, 4) is 0 Å². The van der Waals surface area contributed by atoms with Crippen LogP contribution >= 0.6 is 11.8 Å². The smallest absolute Gasteiger partial charge is 0.304 e. The van der Waals surface area contributed by atoms with Crippen molar-refractivity contribution in [3.63, 3.8) is 0 Å². The van der Waals surface area contributed by atoms with Crippen molar-refractivity contribution in [1.82, 2.24) is 0 Å². The lowest BCUT2D eigenvalue weighted by Crippen LogP contribution is -2.10. The monoisotopic (exact) mass is 294 g/mol. The fraction of sp³-hybridized carbons (Fsp3) is 0.588. The third-order valence-electron chi connectivity index (χ3n) is 3.22. The molecule has 1 heterocycles. The second kappa shape index (κ2) is 11.8. The molecule has 0 aromatic rings. The predicted molar refractivity (Wildman–Crippen MR) is 88.2 cm³/mol. The van der Waals surface area contributed by atoms with Gasteiger partial charge in [-0.3, -0.25) is 4.79 Å². The van der Waals surface area contributed by atoms with Crippen LogP contribution < -0.4 is 0 Å². The minimum absolute atomic E-state index is 0.260. The Balaban J connectivity index is 2.43. The van der Waals surface area contributed by atoms with Crippen LogP contribution in [-0.4, -0.2) is 22.1 Å². The standard InChI is InChI=1S/C17H26O2S/c18-17(19)15-16-13-11-9-7-5-3-1-2-4-6-8-10-12-14-20-16/h1,3-4,6-7,9,16H,2,5,8,10-15H2,(H,18,19)/b3-1-,6-4-,9-7-. The summed E-state index contributed by atoms with van der Waals surface area (Å²) in [5, 5.41) is 9.22. The quantitative estimate of drug-likeness (QED) is 0.730. The van der Waals surface area contributed by atoms with Crippen LogP contribution in [0.25, 0.3) is 0 Å². The average molecular weight is 294 g/mol. The Morgan fingerprint density at radius 3 is 2.35 bits per heavy atom. The van der Waals surface area contributed by atoms with Crippen molar-refractivity contribution in [2.75, 3.05) is 5.75 Å². The van der Waals surface area contributed by atoms with Crippen LogP contribution in [0.4, 0.5) is 0 Å². The maximum absolute atomic E-state index is 10.9. The Hall–Kier alpha value is -0.960. The molecule has 112 valence electrons. The van der Waals surface area contributed by atoms with Crippen molar-refractivity contribution in [2.24, 2.45) is 0 Å². The molecule has 0 bridgehead atoms. The summed E-state index contributed by atoms with van der Waals surface area (Å²) >= 11 is 1.83. The second-order valence-electron chi connectivity index (χ2n) is 5.05. The van der Waals surface area contributed by atoms with Crippen molar-refractivity contribution in [3.05, 3.63) is 36.5 Å². The van der Waals surface area contributed by atoms with Gasteiger partial charge in [0.25, 0.3) is 0 Å². The highest BCUT2D eigenvalue weighted by Crippen LogP contribution is 2.22. The second-order valence-corrected chi connectivity index (χ2v) is 6.46. The van der Waals surface area contributed by atoms with Crippen LogP contribution in [0.15, 0.2) is 36.5 Å². The highest BCUT2D eigenvalue weighted by molar-refractivity contribution is 7.99. The fourth-order valence-corrected chi connectivity index (χ4v) is 3.38. The molecular weight excluding hydrogens is 268 g/mol. The zero-order valence-electron chi connectivity index (χ0n) is 12.2. The van der Waals surface area contributed by atoms with E-state index in [2.05, 4.69) is 36.5 Å². The van der Waals surface area contributed by atoms with Crippen LogP contribution in [0.1, 0.15) is 51.4 Å². The highest BCUT2D eigenvalue weighted by Gasteiger charge is 2.12. The van der Waals surface area contributed by atoms with Gasteiger partial charge in [-0.25, -0.2) is 0 Å². The molecule has 1 rings (SSSR count). The summed E-state index contributed by atoms with van der Waals surface area (Å²) in [6.45, 7) is 0. The molecular formula is C17H26O2S. The first-order chi connectivity index (χ1) is 9.79. The van der Waals surface area contributed by atoms with Gasteiger partial charge in [-0.1, -0.05) is 36.5 Å². The molecule has 0 aromatic carbocycles. The Kier molecular flexibility index (Phi) is 10.1. The maximum atomic E-state index is 10.9. The number of hydrogen-bond acceptors (Lipinski definition) is 2. The van der Waals surface area contributed by atoms with E-state index in [-0.39, 0.29) is 11.7 Å². The van der Waals surface area contributed by atoms with Gasteiger partial charge in [-0.2, -0.15) is 11.8 Å². The number of aliphatic carboxylic acids is 1. The number of thioether (sulfide) groups is 1. The molecule has 0 radical (unpaired) electrons. The van der Waals surface area contributed by atoms with Gasteiger partial charge >= 0.3 is 5.97 Å². The Labute approximate surface area is 127 Å². The number of carboxylic acid groups (broad SMARTS) is 1. The van der Waals surface area contributed by atoms with Crippen LogP contribution in [0.5, 0.6) is 0 Å². The van der Waals surface area contributed by atoms with E-state index in [0.717, 1.165) is 37.9 Å². The molecule has 0 saturated heterocycles. The molecule has 3 heteroatoms. The van der Waals surface area contributed by atoms with E-state index in [9.17, 15) is 4.79 Å². The molecule has 0 aromatic heterocycles. The molecule has 1 aliphatic heterocycles. The van der Waals surface area contributed by atoms with Gasteiger partial charge in [0.05, 0.1) is 6.42 Å². The topological polar surface area (TPSA) is 37.3 Å². The summed E-state index contributed by atoms with van der Waals surface area (Å²) in [5.74, 6) is 0.404. The minimum atomic E-state index is -0.674. The Morgan fingerprint density at radius 2 is 1.65 bits per heavy atom.